The number of carbonyl (C=O) groups is 1. The number of rotatable bonds is 6. The first-order valence-electron chi connectivity index (χ1n) is 10.4. The van der Waals surface area contributed by atoms with Crippen LogP contribution in [0, 0.1) is 0 Å². The van der Waals surface area contributed by atoms with E-state index in [0.717, 1.165) is 0 Å². The lowest BCUT2D eigenvalue weighted by Crippen LogP contribution is -2.66. The SMILES string of the molecule is C[C@@H]1OC(O[C@H]2[C@@H](O)[C@@H](CO)OC(OC3O[C@H](C(=O)O)[C@@H](O)[C@H](O)[C@H]3O)[C@@H]2O)[C@H](O)[C@H](O)[C@H]1O. The van der Waals surface area contributed by atoms with Gasteiger partial charge in [-0.15, -0.1) is 0 Å². The molecule has 0 amide bonds. The first-order chi connectivity index (χ1) is 15.9. The monoisotopic (exact) mass is 502 g/mol. The summed E-state index contributed by atoms with van der Waals surface area (Å²) in [4.78, 5) is 11.3. The van der Waals surface area contributed by atoms with Crippen LogP contribution in [0.1, 0.15) is 6.92 Å². The first-order valence-corrected chi connectivity index (χ1v) is 10.4. The fourth-order valence-electron chi connectivity index (χ4n) is 3.90. The number of aliphatic hydroxyl groups excluding tert-OH is 9. The number of aliphatic carboxylic acids is 1. The number of carboxylic acids is 1. The minimum absolute atomic E-state index is 0.827. The van der Waals surface area contributed by atoms with Gasteiger partial charge < -0.3 is 74.7 Å². The molecule has 34 heavy (non-hydrogen) atoms. The van der Waals surface area contributed by atoms with Gasteiger partial charge in [-0.05, 0) is 6.92 Å². The first kappa shape index (κ1) is 27.5. The molecule has 3 unspecified atom stereocenters. The minimum atomic E-state index is -2.01. The van der Waals surface area contributed by atoms with E-state index in [-0.39, 0.29) is 0 Å². The van der Waals surface area contributed by atoms with Gasteiger partial charge in [0.05, 0.1) is 12.7 Å². The van der Waals surface area contributed by atoms with E-state index in [2.05, 4.69) is 0 Å². The Morgan fingerprint density at radius 3 is 1.76 bits per heavy atom. The zero-order valence-corrected chi connectivity index (χ0v) is 17.8. The second kappa shape index (κ2) is 10.9. The maximum Gasteiger partial charge on any atom is 0.335 e. The third-order valence-corrected chi connectivity index (χ3v) is 6.00. The smallest absolute Gasteiger partial charge is 0.335 e. The van der Waals surface area contributed by atoms with E-state index in [1.54, 1.807) is 0 Å². The Balaban J connectivity index is 1.77. The minimum Gasteiger partial charge on any atom is -0.479 e. The quantitative estimate of drug-likeness (QED) is 0.162. The van der Waals surface area contributed by atoms with Crippen molar-refractivity contribution < 1.29 is 79.5 Å². The summed E-state index contributed by atoms with van der Waals surface area (Å²) in [7, 11) is 0. The van der Waals surface area contributed by atoms with Crippen LogP contribution in [0.15, 0.2) is 0 Å². The van der Waals surface area contributed by atoms with Gasteiger partial charge in [0.25, 0.3) is 0 Å². The molecule has 0 radical (unpaired) electrons. The lowest BCUT2D eigenvalue weighted by atomic mass is 9.97. The molecule has 0 aromatic rings. The Labute approximate surface area is 192 Å². The van der Waals surface area contributed by atoms with Crippen molar-refractivity contribution in [3.63, 3.8) is 0 Å². The van der Waals surface area contributed by atoms with Crippen LogP contribution in [-0.4, -0.2) is 156 Å². The van der Waals surface area contributed by atoms with Gasteiger partial charge in [0.2, 0.25) is 0 Å². The Morgan fingerprint density at radius 1 is 0.676 bits per heavy atom. The molecule has 3 rings (SSSR count). The number of hydrogen-bond donors (Lipinski definition) is 10. The van der Waals surface area contributed by atoms with Crippen LogP contribution in [0.5, 0.6) is 0 Å². The van der Waals surface area contributed by atoms with Gasteiger partial charge in [0.15, 0.2) is 25.0 Å². The molecule has 198 valence electrons. The van der Waals surface area contributed by atoms with Gasteiger partial charge in [0, 0.05) is 0 Å². The van der Waals surface area contributed by atoms with Gasteiger partial charge in [-0.3, -0.25) is 0 Å². The molecule has 0 bridgehead atoms. The lowest BCUT2D eigenvalue weighted by molar-refractivity contribution is -0.389. The molecular formula is C18H30O16. The van der Waals surface area contributed by atoms with E-state index in [0.29, 0.717) is 0 Å². The standard InChI is InChI=1S/C18H30O16/c1-3-5(20)7(22)10(25)16(30-3)32-13-6(21)4(2-19)31-18(12(13)27)34-17-11(26)8(23)9(24)14(33-17)15(28)29/h3-14,16-27H,2H2,1H3,(H,28,29)/t3-,4+,5-,6-,7+,8-,9-,10+,11+,12+,13-,14-,16?,17?,18?/m0/s1. The van der Waals surface area contributed by atoms with Crippen LogP contribution in [-0.2, 0) is 28.5 Å². The molecule has 3 aliphatic rings. The second-order valence-corrected chi connectivity index (χ2v) is 8.36. The maximum absolute atomic E-state index is 11.3. The van der Waals surface area contributed by atoms with E-state index < -0.39 is 105 Å². The van der Waals surface area contributed by atoms with Crippen molar-refractivity contribution in [3.8, 4) is 0 Å². The molecule has 0 aromatic heterocycles. The number of hydrogen-bond acceptors (Lipinski definition) is 15. The van der Waals surface area contributed by atoms with Crippen LogP contribution in [0.4, 0.5) is 0 Å². The Hall–Kier alpha value is -1.09. The highest BCUT2D eigenvalue weighted by atomic mass is 16.8. The molecule has 0 spiro atoms. The van der Waals surface area contributed by atoms with Crippen LogP contribution >= 0.6 is 0 Å². The maximum atomic E-state index is 11.3. The number of carboxylic acid groups (broad SMARTS) is 1. The van der Waals surface area contributed by atoms with E-state index in [4.69, 9.17) is 28.8 Å². The molecule has 3 fully saturated rings. The van der Waals surface area contributed by atoms with E-state index in [1.165, 1.54) is 6.92 Å². The van der Waals surface area contributed by atoms with Gasteiger partial charge >= 0.3 is 5.97 Å². The van der Waals surface area contributed by atoms with Crippen molar-refractivity contribution in [3.05, 3.63) is 0 Å². The molecule has 3 saturated heterocycles. The molecule has 10 N–H and O–H groups in total. The van der Waals surface area contributed by atoms with Crippen molar-refractivity contribution in [2.24, 2.45) is 0 Å². The molecular weight excluding hydrogens is 472 g/mol. The molecule has 0 aliphatic carbocycles. The Bertz CT molecular complexity index is 695. The van der Waals surface area contributed by atoms with Crippen LogP contribution in [0.25, 0.3) is 0 Å². The molecule has 3 heterocycles. The fraction of sp³-hybridized carbons (Fsp3) is 0.944. The van der Waals surface area contributed by atoms with Gasteiger partial charge in [-0.1, -0.05) is 0 Å². The highest BCUT2D eigenvalue weighted by Gasteiger charge is 2.53. The summed E-state index contributed by atoms with van der Waals surface area (Å²) >= 11 is 0. The zero-order chi connectivity index (χ0) is 25.5. The van der Waals surface area contributed by atoms with Gasteiger partial charge in [-0.2, -0.15) is 0 Å². The Morgan fingerprint density at radius 2 is 1.21 bits per heavy atom. The highest BCUT2D eigenvalue weighted by Crippen LogP contribution is 2.31. The number of ether oxygens (including phenoxy) is 5. The van der Waals surface area contributed by atoms with Crippen molar-refractivity contribution in [2.45, 2.75) is 99.0 Å². The summed E-state index contributed by atoms with van der Waals surface area (Å²) in [5.41, 5.74) is 0. The third kappa shape index (κ3) is 5.20. The summed E-state index contributed by atoms with van der Waals surface area (Å²) in [6.07, 6.45) is -26.2. The van der Waals surface area contributed by atoms with Gasteiger partial charge in [-0.25, -0.2) is 4.79 Å². The summed E-state index contributed by atoms with van der Waals surface area (Å²) in [5, 5.41) is 99.5. The van der Waals surface area contributed by atoms with Crippen LogP contribution in [0.3, 0.4) is 0 Å². The summed E-state index contributed by atoms with van der Waals surface area (Å²) in [6.45, 7) is 0.544. The normalized spacial score (nSPS) is 52.4. The zero-order valence-electron chi connectivity index (χ0n) is 17.8. The summed E-state index contributed by atoms with van der Waals surface area (Å²) < 4.78 is 26.2. The summed E-state index contributed by atoms with van der Waals surface area (Å²) in [6, 6.07) is 0. The Kier molecular flexibility index (Phi) is 8.81. The summed E-state index contributed by atoms with van der Waals surface area (Å²) in [5.74, 6) is -1.68. The van der Waals surface area contributed by atoms with Crippen molar-refractivity contribution in [2.75, 3.05) is 6.61 Å². The third-order valence-electron chi connectivity index (χ3n) is 6.00. The predicted molar refractivity (Wildman–Crippen MR) is 100 cm³/mol. The molecule has 15 atom stereocenters. The van der Waals surface area contributed by atoms with E-state index in [1.807, 2.05) is 0 Å². The average molecular weight is 502 g/mol. The molecule has 3 aliphatic heterocycles. The number of aliphatic hydroxyl groups is 9. The second-order valence-electron chi connectivity index (χ2n) is 8.36. The average Bonchev–Trinajstić information content (AvgIpc) is 2.79. The molecule has 16 heteroatoms. The van der Waals surface area contributed by atoms with E-state index >= 15 is 0 Å². The van der Waals surface area contributed by atoms with Gasteiger partial charge in [0.1, 0.15) is 61.0 Å². The van der Waals surface area contributed by atoms with Crippen molar-refractivity contribution in [1.82, 2.24) is 0 Å². The van der Waals surface area contributed by atoms with Crippen molar-refractivity contribution in [1.29, 1.82) is 0 Å². The van der Waals surface area contributed by atoms with Crippen LogP contribution in [0.2, 0.25) is 0 Å². The molecule has 16 nitrogen and oxygen atoms in total. The fourth-order valence-corrected chi connectivity index (χ4v) is 3.90. The molecule has 0 saturated carbocycles. The highest BCUT2D eigenvalue weighted by molar-refractivity contribution is 5.73. The van der Waals surface area contributed by atoms with Crippen molar-refractivity contribution >= 4 is 5.97 Å². The topological polar surface area (TPSA) is 266 Å². The van der Waals surface area contributed by atoms with E-state index in [9.17, 15) is 50.8 Å². The molecule has 0 aromatic carbocycles. The lowest BCUT2D eigenvalue weighted by Gasteiger charge is -2.47. The largest absolute Gasteiger partial charge is 0.479 e. The predicted octanol–water partition coefficient (Wildman–Crippen LogP) is -6.45. The van der Waals surface area contributed by atoms with Crippen LogP contribution < -0.4 is 0 Å².